The van der Waals surface area contributed by atoms with Crippen molar-refractivity contribution < 1.29 is 22.8 Å². The molecule has 2 heterocycles. The number of carbonyl (C=O) groups excluding carboxylic acids is 3. The van der Waals surface area contributed by atoms with Crippen molar-refractivity contribution in [1.29, 1.82) is 0 Å². The summed E-state index contributed by atoms with van der Waals surface area (Å²) in [5.74, 6) is -1.35. The second-order valence-corrected chi connectivity index (χ2v) is 13.2. The molecule has 0 spiro atoms. The van der Waals surface area contributed by atoms with Crippen molar-refractivity contribution in [3.63, 3.8) is 0 Å². The van der Waals surface area contributed by atoms with E-state index in [1.165, 1.54) is 30.5 Å². The van der Waals surface area contributed by atoms with Crippen LogP contribution >= 0.6 is 11.6 Å². The smallest absolute Gasteiger partial charge is 0.272 e. The van der Waals surface area contributed by atoms with E-state index < -0.39 is 31.1 Å². The number of aryl methyl sites for hydroxylation is 1. The predicted octanol–water partition coefficient (Wildman–Crippen LogP) is 1.47. The highest BCUT2D eigenvalue weighted by Crippen LogP contribution is 2.49. The molecule has 0 atom stereocenters. The zero-order valence-electron chi connectivity index (χ0n) is 20.7. The standard InChI is InChI=1S/C24H30ClN5O5S/c1-23(2,22(33)26-3)36(34,35)24(10-11-24)14-30-12-9-17-18(28-29(4)19(17)21(30)32)20(31)27-13-15-5-7-16(25)8-6-15/h5-8H,9-14H2,1-4H3,(H,26,33)(H,27,31). The maximum absolute atomic E-state index is 13.5. The fourth-order valence-corrected chi connectivity index (χ4v) is 7.26. The normalized spacial score (nSPS) is 16.9. The van der Waals surface area contributed by atoms with Gasteiger partial charge in [0.25, 0.3) is 11.8 Å². The molecule has 1 aromatic heterocycles. The van der Waals surface area contributed by atoms with Crippen molar-refractivity contribution in [1.82, 2.24) is 25.3 Å². The van der Waals surface area contributed by atoms with Crippen LogP contribution in [0.5, 0.6) is 0 Å². The van der Waals surface area contributed by atoms with Crippen molar-refractivity contribution in [2.24, 2.45) is 7.05 Å². The zero-order valence-corrected chi connectivity index (χ0v) is 22.3. The number of sulfone groups is 1. The van der Waals surface area contributed by atoms with E-state index in [1.54, 1.807) is 19.2 Å². The fraction of sp³-hybridized carbons (Fsp3) is 0.500. The van der Waals surface area contributed by atoms with Gasteiger partial charge >= 0.3 is 0 Å². The molecule has 0 unspecified atom stereocenters. The molecule has 2 aromatic rings. The number of nitrogens with one attached hydrogen (secondary N) is 2. The van der Waals surface area contributed by atoms with Gasteiger partial charge in [-0.25, -0.2) is 8.42 Å². The largest absolute Gasteiger partial charge is 0.358 e. The molecule has 1 fully saturated rings. The Bertz CT molecular complexity index is 1330. The fourth-order valence-electron chi connectivity index (χ4n) is 4.74. The van der Waals surface area contributed by atoms with Crippen LogP contribution in [-0.2, 0) is 34.6 Å². The van der Waals surface area contributed by atoms with E-state index in [0.29, 0.717) is 29.8 Å². The summed E-state index contributed by atoms with van der Waals surface area (Å²) in [4.78, 5) is 40.1. The molecule has 3 amide bonds. The molecule has 1 aliphatic carbocycles. The highest BCUT2D eigenvalue weighted by Gasteiger charge is 2.62. The second-order valence-electron chi connectivity index (χ2n) is 9.86. The van der Waals surface area contributed by atoms with E-state index >= 15 is 0 Å². The molecule has 0 radical (unpaired) electrons. The first-order valence-electron chi connectivity index (χ1n) is 11.7. The van der Waals surface area contributed by atoms with E-state index in [4.69, 9.17) is 11.6 Å². The van der Waals surface area contributed by atoms with Crippen LogP contribution in [0.25, 0.3) is 0 Å². The summed E-state index contributed by atoms with van der Waals surface area (Å²) in [7, 11) is -0.899. The Morgan fingerprint density at radius 1 is 1.19 bits per heavy atom. The third kappa shape index (κ3) is 4.28. The van der Waals surface area contributed by atoms with Gasteiger partial charge in [-0.3, -0.25) is 19.1 Å². The van der Waals surface area contributed by atoms with Crippen molar-refractivity contribution in [2.75, 3.05) is 20.1 Å². The van der Waals surface area contributed by atoms with E-state index in [2.05, 4.69) is 15.7 Å². The summed E-state index contributed by atoms with van der Waals surface area (Å²) in [5, 5.41) is 10.2. The van der Waals surface area contributed by atoms with Crippen LogP contribution in [0.1, 0.15) is 58.8 Å². The van der Waals surface area contributed by atoms with Gasteiger partial charge in [-0.1, -0.05) is 23.7 Å². The molecule has 2 N–H and O–H groups in total. The third-order valence-electron chi connectivity index (χ3n) is 7.15. The molecule has 0 saturated heterocycles. The monoisotopic (exact) mass is 535 g/mol. The molecule has 4 rings (SSSR count). The number of carbonyl (C=O) groups is 3. The maximum Gasteiger partial charge on any atom is 0.272 e. The van der Waals surface area contributed by atoms with Crippen LogP contribution in [0.4, 0.5) is 0 Å². The Balaban J connectivity index is 1.51. The highest BCUT2D eigenvalue weighted by atomic mass is 35.5. The summed E-state index contributed by atoms with van der Waals surface area (Å²) >= 11 is 5.90. The van der Waals surface area contributed by atoms with Gasteiger partial charge in [0.2, 0.25) is 5.91 Å². The number of hydrogen-bond acceptors (Lipinski definition) is 6. The molecule has 0 bridgehead atoms. The lowest BCUT2D eigenvalue weighted by Crippen LogP contribution is -2.55. The van der Waals surface area contributed by atoms with Gasteiger partial charge in [-0.15, -0.1) is 0 Å². The quantitative estimate of drug-likeness (QED) is 0.526. The predicted molar refractivity (Wildman–Crippen MR) is 134 cm³/mol. The first kappa shape index (κ1) is 26.2. The van der Waals surface area contributed by atoms with Gasteiger partial charge in [0, 0.05) is 44.3 Å². The molecule has 194 valence electrons. The van der Waals surface area contributed by atoms with Crippen LogP contribution in [0.3, 0.4) is 0 Å². The number of nitrogens with zero attached hydrogens (tertiary/aromatic N) is 3. The number of halogens is 1. The summed E-state index contributed by atoms with van der Waals surface area (Å²) in [6.07, 6.45) is 1.14. The molecule has 1 aromatic carbocycles. The number of aromatic nitrogens is 2. The van der Waals surface area contributed by atoms with Gasteiger partial charge < -0.3 is 15.5 Å². The van der Waals surface area contributed by atoms with Gasteiger partial charge in [-0.2, -0.15) is 5.10 Å². The summed E-state index contributed by atoms with van der Waals surface area (Å²) in [5.41, 5.74) is 1.88. The molecule has 10 nitrogen and oxygen atoms in total. The van der Waals surface area contributed by atoms with Crippen molar-refractivity contribution in [2.45, 2.75) is 49.1 Å². The van der Waals surface area contributed by atoms with Gasteiger partial charge in [0.05, 0.1) is 4.75 Å². The van der Waals surface area contributed by atoms with Crippen LogP contribution < -0.4 is 10.6 Å². The Morgan fingerprint density at radius 2 is 1.83 bits per heavy atom. The highest BCUT2D eigenvalue weighted by molar-refractivity contribution is 7.95. The summed E-state index contributed by atoms with van der Waals surface area (Å²) in [6, 6.07) is 7.10. The first-order valence-corrected chi connectivity index (χ1v) is 13.5. The van der Waals surface area contributed by atoms with E-state index in [9.17, 15) is 22.8 Å². The van der Waals surface area contributed by atoms with Gasteiger partial charge in [0.1, 0.15) is 10.4 Å². The lowest BCUT2D eigenvalue weighted by Gasteiger charge is -2.34. The Morgan fingerprint density at radius 3 is 2.42 bits per heavy atom. The molecule has 2 aliphatic rings. The lowest BCUT2D eigenvalue weighted by molar-refractivity contribution is -0.122. The first-order chi connectivity index (χ1) is 16.8. The third-order valence-corrected chi connectivity index (χ3v) is 10.6. The molecule has 1 saturated carbocycles. The molecular weight excluding hydrogens is 506 g/mol. The number of fused-ring (bicyclic) bond motifs is 1. The average Bonchev–Trinajstić information content (AvgIpc) is 3.56. The van der Waals surface area contributed by atoms with E-state index in [0.717, 1.165) is 5.56 Å². The topological polar surface area (TPSA) is 130 Å². The Labute approximate surface area is 215 Å². The second kappa shape index (κ2) is 9.19. The van der Waals surface area contributed by atoms with Crippen molar-refractivity contribution >= 4 is 39.2 Å². The molecular formula is C24H30ClN5O5S. The number of rotatable bonds is 8. The summed E-state index contributed by atoms with van der Waals surface area (Å²) < 4.78 is 25.5. The number of benzene rings is 1. The van der Waals surface area contributed by atoms with Gasteiger partial charge in [0.15, 0.2) is 15.5 Å². The molecule has 12 heteroatoms. The maximum atomic E-state index is 13.5. The zero-order chi connectivity index (χ0) is 26.5. The minimum atomic E-state index is -3.89. The molecule has 1 aliphatic heterocycles. The van der Waals surface area contributed by atoms with E-state index in [-0.39, 0.29) is 36.9 Å². The molecule has 36 heavy (non-hydrogen) atoms. The number of hydrogen-bond donors (Lipinski definition) is 2. The van der Waals surface area contributed by atoms with Crippen molar-refractivity contribution in [3.05, 3.63) is 51.8 Å². The van der Waals surface area contributed by atoms with Crippen LogP contribution in [0, 0.1) is 0 Å². The van der Waals surface area contributed by atoms with Crippen LogP contribution in [-0.4, -0.2) is 70.5 Å². The SMILES string of the molecule is CNC(=O)C(C)(C)S(=O)(=O)C1(CN2CCc3c(C(=O)NCc4ccc(Cl)cc4)nn(C)c3C2=O)CC1. The van der Waals surface area contributed by atoms with Crippen molar-refractivity contribution in [3.8, 4) is 0 Å². The number of amides is 3. The minimum Gasteiger partial charge on any atom is -0.358 e. The minimum absolute atomic E-state index is 0.00267. The van der Waals surface area contributed by atoms with Crippen LogP contribution in [0.2, 0.25) is 5.02 Å². The van der Waals surface area contributed by atoms with Gasteiger partial charge in [-0.05, 0) is 50.8 Å². The Kier molecular flexibility index (Phi) is 6.67. The van der Waals surface area contributed by atoms with E-state index in [1.807, 2.05) is 12.1 Å². The average molecular weight is 536 g/mol. The Hall–Kier alpha value is -2.92. The lowest BCUT2D eigenvalue weighted by atomic mass is 10.0. The summed E-state index contributed by atoms with van der Waals surface area (Å²) in [6.45, 7) is 3.33. The van der Waals surface area contributed by atoms with Crippen LogP contribution in [0.15, 0.2) is 24.3 Å².